The Bertz CT molecular complexity index is 647. The van der Waals surface area contributed by atoms with Crippen molar-refractivity contribution in [2.75, 3.05) is 18.0 Å². The number of amides is 2. The summed E-state index contributed by atoms with van der Waals surface area (Å²) in [5.41, 5.74) is 0.751. The van der Waals surface area contributed by atoms with E-state index in [1.165, 1.54) is 19.1 Å². The third kappa shape index (κ3) is 4.26. The monoisotopic (exact) mass is 352 g/mol. The zero-order valence-electron chi connectivity index (χ0n) is 13.8. The number of halogens is 1. The van der Waals surface area contributed by atoms with Crippen LogP contribution in [0, 0.1) is 0 Å². The molecule has 1 aromatic carbocycles. The minimum absolute atomic E-state index is 0.0188. The van der Waals surface area contributed by atoms with Crippen LogP contribution in [-0.2, 0) is 14.3 Å². The summed E-state index contributed by atoms with van der Waals surface area (Å²) >= 11 is 6.15. The largest absolute Gasteiger partial charge is 0.449 e. The highest BCUT2D eigenvalue weighted by molar-refractivity contribution is 6.34. The molecular weight excluding hydrogens is 332 g/mol. The Morgan fingerprint density at radius 3 is 2.79 bits per heavy atom. The van der Waals surface area contributed by atoms with Gasteiger partial charge in [0.15, 0.2) is 6.10 Å². The Morgan fingerprint density at radius 2 is 2.17 bits per heavy atom. The van der Waals surface area contributed by atoms with Gasteiger partial charge in [-0.25, -0.2) is 4.79 Å². The van der Waals surface area contributed by atoms with Gasteiger partial charge in [0.1, 0.15) is 0 Å². The number of anilines is 1. The van der Waals surface area contributed by atoms with Gasteiger partial charge >= 0.3 is 5.97 Å². The lowest BCUT2D eigenvalue weighted by molar-refractivity contribution is -0.129. The van der Waals surface area contributed by atoms with Crippen molar-refractivity contribution in [3.63, 3.8) is 0 Å². The Kier molecular flexibility index (Phi) is 6.20. The van der Waals surface area contributed by atoms with Gasteiger partial charge in [-0.05, 0) is 38.0 Å². The van der Waals surface area contributed by atoms with Crippen LogP contribution in [0.15, 0.2) is 18.2 Å². The van der Waals surface area contributed by atoms with Crippen molar-refractivity contribution in [2.24, 2.45) is 0 Å². The standard InChI is InChI=1S/C17H21ClN2O4/c1-3-8-19-16(22)11(2)24-17(23)12-6-7-13(18)14(10-12)20-9-4-5-15(20)21/h6-7,10-11H,3-5,8-9H2,1-2H3,(H,19,22)/t11-/m0/s1. The summed E-state index contributed by atoms with van der Waals surface area (Å²) in [7, 11) is 0. The van der Waals surface area contributed by atoms with Gasteiger partial charge in [0, 0.05) is 19.5 Å². The zero-order valence-corrected chi connectivity index (χ0v) is 14.6. The molecule has 0 saturated carbocycles. The maximum absolute atomic E-state index is 12.2. The number of hydrogen-bond acceptors (Lipinski definition) is 4. The van der Waals surface area contributed by atoms with Crippen molar-refractivity contribution >= 4 is 35.1 Å². The van der Waals surface area contributed by atoms with Crippen LogP contribution in [0.4, 0.5) is 5.69 Å². The van der Waals surface area contributed by atoms with Crippen LogP contribution in [0.3, 0.4) is 0 Å². The molecule has 2 amide bonds. The van der Waals surface area contributed by atoms with Crippen molar-refractivity contribution in [3.8, 4) is 0 Å². The molecule has 0 aliphatic carbocycles. The van der Waals surface area contributed by atoms with E-state index in [-0.39, 0.29) is 17.4 Å². The van der Waals surface area contributed by atoms with E-state index in [2.05, 4.69) is 5.32 Å². The summed E-state index contributed by atoms with van der Waals surface area (Å²) in [6, 6.07) is 4.61. The summed E-state index contributed by atoms with van der Waals surface area (Å²) < 4.78 is 5.18. The van der Waals surface area contributed by atoms with Crippen molar-refractivity contribution in [1.29, 1.82) is 0 Å². The first-order valence-electron chi connectivity index (χ1n) is 8.02. The third-order valence-electron chi connectivity index (χ3n) is 3.75. The Morgan fingerprint density at radius 1 is 1.42 bits per heavy atom. The number of carbonyl (C=O) groups excluding carboxylic acids is 3. The fraction of sp³-hybridized carbons (Fsp3) is 0.471. The smallest absolute Gasteiger partial charge is 0.338 e. The number of benzene rings is 1. The molecule has 1 aliphatic heterocycles. The fourth-order valence-corrected chi connectivity index (χ4v) is 2.64. The molecule has 1 aliphatic rings. The summed E-state index contributed by atoms with van der Waals surface area (Å²) in [4.78, 5) is 37.5. The highest BCUT2D eigenvalue weighted by Gasteiger charge is 2.25. The van der Waals surface area contributed by atoms with Gasteiger partial charge in [0.2, 0.25) is 5.91 Å². The number of nitrogens with one attached hydrogen (secondary N) is 1. The summed E-state index contributed by atoms with van der Waals surface area (Å²) in [6.45, 7) is 4.56. The summed E-state index contributed by atoms with van der Waals surface area (Å²) in [5.74, 6) is -0.984. The van der Waals surface area contributed by atoms with Gasteiger partial charge < -0.3 is 15.0 Å². The summed E-state index contributed by atoms with van der Waals surface area (Å²) in [6.07, 6.45) is 1.14. The predicted molar refractivity (Wildman–Crippen MR) is 91.2 cm³/mol. The highest BCUT2D eigenvalue weighted by Crippen LogP contribution is 2.30. The first kappa shape index (κ1) is 18.3. The Balaban J connectivity index is 2.10. The minimum atomic E-state index is -0.892. The van der Waals surface area contributed by atoms with E-state index >= 15 is 0 Å². The van der Waals surface area contributed by atoms with Crippen molar-refractivity contribution in [3.05, 3.63) is 28.8 Å². The van der Waals surface area contributed by atoms with Crippen LogP contribution in [0.2, 0.25) is 5.02 Å². The molecule has 1 aromatic rings. The van der Waals surface area contributed by atoms with Crippen LogP contribution >= 0.6 is 11.6 Å². The fourth-order valence-electron chi connectivity index (χ4n) is 2.42. The molecule has 24 heavy (non-hydrogen) atoms. The van der Waals surface area contributed by atoms with Gasteiger partial charge in [-0.1, -0.05) is 18.5 Å². The van der Waals surface area contributed by atoms with Crippen LogP contribution in [0.5, 0.6) is 0 Å². The number of ether oxygens (including phenoxy) is 1. The predicted octanol–water partition coefficient (Wildman–Crippen LogP) is 2.54. The zero-order chi connectivity index (χ0) is 17.7. The minimum Gasteiger partial charge on any atom is -0.449 e. The Labute approximate surface area is 146 Å². The third-order valence-corrected chi connectivity index (χ3v) is 4.07. The molecule has 130 valence electrons. The molecule has 0 radical (unpaired) electrons. The van der Waals surface area contributed by atoms with E-state index in [1.54, 1.807) is 11.0 Å². The van der Waals surface area contributed by atoms with Crippen LogP contribution in [-0.4, -0.2) is 37.0 Å². The molecule has 1 atom stereocenters. The van der Waals surface area contributed by atoms with Gasteiger partial charge in [-0.3, -0.25) is 9.59 Å². The average molecular weight is 353 g/mol. The molecule has 1 saturated heterocycles. The van der Waals surface area contributed by atoms with Crippen molar-refractivity contribution in [1.82, 2.24) is 5.32 Å². The lowest BCUT2D eigenvalue weighted by Gasteiger charge is -2.18. The Hall–Kier alpha value is -2.08. The lowest BCUT2D eigenvalue weighted by atomic mass is 10.2. The van der Waals surface area contributed by atoms with Gasteiger partial charge in [0.25, 0.3) is 5.91 Å². The number of nitrogens with zero attached hydrogens (tertiary/aromatic N) is 1. The number of esters is 1. The number of hydrogen-bond donors (Lipinski definition) is 1. The molecule has 2 rings (SSSR count). The maximum Gasteiger partial charge on any atom is 0.338 e. The normalized spacial score (nSPS) is 15.3. The molecule has 1 fully saturated rings. The molecule has 0 aromatic heterocycles. The first-order valence-corrected chi connectivity index (χ1v) is 8.40. The number of rotatable bonds is 6. The van der Waals surface area contributed by atoms with E-state index in [4.69, 9.17) is 16.3 Å². The van der Waals surface area contributed by atoms with Crippen LogP contribution < -0.4 is 10.2 Å². The van der Waals surface area contributed by atoms with E-state index in [1.807, 2.05) is 6.92 Å². The van der Waals surface area contributed by atoms with Gasteiger partial charge in [0.05, 0.1) is 16.3 Å². The van der Waals surface area contributed by atoms with E-state index in [0.717, 1.165) is 12.8 Å². The van der Waals surface area contributed by atoms with Gasteiger partial charge in [-0.15, -0.1) is 0 Å². The second-order valence-corrected chi connectivity index (χ2v) is 6.06. The number of carbonyl (C=O) groups is 3. The molecule has 0 bridgehead atoms. The first-order chi connectivity index (χ1) is 11.4. The van der Waals surface area contributed by atoms with Gasteiger partial charge in [-0.2, -0.15) is 0 Å². The molecular formula is C17H21ClN2O4. The van der Waals surface area contributed by atoms with E-state index in [0.29, 0.717) is 30.2 Å². The highest BCUT2D eigenvalue weighted by atomic mass is 35.5. The average Bonchev–Trinajstić information content (AvgIpc) is 2.98. The van der Waals surface area contributed by atoms with Crippen LogP contribution in [0.25, 0.3) is 0 Å². The SMILES string of the molecule is CCCNC(=O)[C@H](C)OC(=O)c1ccc(Cl)c(N2CCCC2=O)c1. The molecule has 7 heteroatoms. The van der Waals surface area contributed by atoms with Crippen molar-refractivity contribution in [2.45, 2.75) is 39.2 Å². The second-order valence-electron chi connectivity index (χ2n) is 5.65. The van der Waals surface area contributed by atoms with Crippen molar-refractivity contribution < 1.29 is 19.1 Å². The summed E-state index contributed by atoms with van der Waals surface area (Å²) in [5, 5.41) is 3.07. The van der Waals surface area contributed by atoms with Crippen LogP contribution in [0.1, 0.15) is 43.5 Å². The topological polar surface area (TPSA) is 75.7 Å². The molecule has 0 unspecified atom stereocenters. The molecule has 0 spiro atoms. The molecule has 6 nitrogen and oxygen atoms in total. The van der Waals surface area contributed by atoms with E-state index in [9.17, 15) is 14.4 Å². The lowest BCUT2D eigenvalue weighted by Crippen LogP contribution is -2.36. The maximum atomic E-state index is 12.2. The van der Waals surface area contributed by atoms with E-state index < -0.39 is 12.1 Å². The quantitative estimate of drug-likeness (QED) is 0.798. The molecule has 1 heterocycles. The second kappa shape index (κ2) is 8.15. The molecule has 1 N–H and O–H groups in total.